The Kier molecular flexibility index (Phi) is 5.66. The smallest absolute Gasteiger partial charge is 0.241 e. The third-order valence-corrected chi connectivity index (χ3v) is 4.48. The van der Waals surface area contributed by atoms with Crippen LogP contribution in [-0.4, -0.2) is 34.5 Å². The van der Waals surface area contributed by atoms with E-state index in [0.717, 1.165) is 22.4 Å². The normalized spacial score (nSPS) is 11.0. The van der Waals surface area contributed by atoms with Crippen LogP contribution in [0.2, 0.25) is 0 Å². The highest BCUT2D eigenvalue weighted by atomic mass is 16.5. The van der Waals surface area contributed by atoms with Crippen LogP contribution < -0.4 is 5.32 Å². The van der Waals surface area contributed by atoms with Crippen LogP contribution in [0, 0.1) is 20.8 Å². The fourth-order valence-corrected chi connectivity index (χ4v) is 2.75. The SMILES string of the molecule is Cc1ccc(-c2noc(CN(C)CC(=O)Nc3cccc(C)c3C)n2)cc1. The first kappa shape index (κ1) is 18.8. The summed E-state index contributed by atoms with van der Waals surface area (Å²) in [5.41, 5.74) is 5.15. The summed E-state index contributed by atoms with van der Waals surface area (Å²) in [5, 5.41) is 6.98. The average Bonchev–Trinajstić information content (AvgIpc) is 3.07. The molecule has 1 N–H and O–H groups in total. The maximum absolute atomic E-state index is 12.3. The number of likely N-dealkylation sites (N-methyl/N-ethyl adjacent to an activating group) is 1. The van der Waals surface area contributed by atoms with Crippen LogP contribution in [0.25, 0.3) is 11.4 Å². The van der Waals surface area contributed by atoms with E-state index in [2.05, 4.69) is 15.5 Å². The van der Waals surface area contributed by atoms with Gasteiger partial charge in [-0.2, -0.15) is 4.98 Å². The highest BCUT2D eigenvalue weighted by Gasteiger charge is 2.14. The van der Waals surface area contributed by atoms with Gasteiger partial charge in [0.25, 0.3) is 0 Å². The number of aryl methyl sites for hydroxylation is 2. The van der Waals surface area contributed by atoms with Crippen LogP contribution in [0.1, 0.15) is 22.6 Å². The first-order chi connectivity index (χ1) is 12.9. The van der Waals surface area contributed by atoms with Crippen molar-refractivity contribution < 1.29 is 9.32 Å². The highest BCUT2D eigenvalue weighted by Crippen LogP contribution is 2.18. The van der Waals surface area contributed by atoms with E-state index in [1.165, 1.54) is 5.56 Å². The zero-order valence-corrected chi connectivity index (χ0v) is 16.1. The minimum atomic E-state index is -0.0792. The summed E-state index contributed by atoms with van der Waals surface area (Å²) in [4.78, 5) is 18.6. The monoisotopic (exact) mass is 364 g/mol. The number of carbonyl (C=O) groups is 1. The van der Waals surface area contributed by atoms with E-state index < -0.39 is 0 Å². The van der Waals surface area contributed by atoms with Crippen molar-refractivity contribution in [2.45, 2.75) is 27.3 Å². The van der Waals surface area contributed by atoms with Gasteiger partial charge < -0.3 is 9.84 Å². The standard InChI is InChI=1S/C21H24N4O2/c1-14-8-10-17(11-9-14)21-23-20(27-24-21)13-25(4)12-19(26)22-18-7-5-6-15(2)16(18)3/h5-11H,12-13H2,1-4H3,(H,22,26). The first-order valence-electron chi connectivity index (χ1n) is 8.86. The van der Waals surface area contributed by atoms with Gasteiger partial charge in [0.1, 0.15) is 0 Å². The lowest BCUT2D eigenvalue weighted by atomic mass is 10.1. The molecule has 0 saturated carbocycles. The molecular weight excluding hydrogens is 340 g/mol. The van der Waals surface area contributed by atoms with Gasteiger partial charge in [-0.25, -0.2) is 0 Å². The van der Waals surface area contributed by atoms with E-state index in [9.17, 15) is 4.79 Å². The van der Waals surface area contributed by atoms with Crippen molar-refractivity contribution in [2.75, 3.05) is 18.9 Å². The minimum absolute atomic E-state index is 0.0792. The molecule has 0 aliphatic carbocycles. The lowest BCUT2D eigenvalue weighted by molar-refractivity contribution is -0.117. The second-order valence-electron chi connectivity index (χ2n) is 6.85. The van der Waals surface area contributed by atoms with E-state index >= 15 is 0 Å². The van der Waals surface area contributed by atoms with Gasteiger partial charge in [-0.3, -0.25) is 9.69 Å². The lowest BCUT2D eigenvalue weighted by Gasteiger charge is -2.15. The number of nitrogens with zero attached hydrogens (tertiary/aromatic N) is 3. The lowest BCUT2D eigenvalue weighted by Crippen LogP contribution is -2.30. The van der Waals surface area contributed by atoms with Crippen molar-refractivity contribution in [3.63, 3.8) is 0 Å². The van der Waals surface area contributed by atoms with Gasteiger partial charge in [0, 0.05) is 11.3 Å². The molecule has 0 spiro atoms. The molecule has 6 nitrogen and oxygen atoms in total. The van der Waals surface area contributed by atoms with Gasteiger partial charge in [-0.1, -0.05) is 47.1 Å². The summed E-state index contributed by atoms with van der Waals surface area (Å²) in [6.07, 6.45) is 0. The van der Waals surface area contributed by atoms with Crippen molar-refractivity contribution in [1.29, 1.82) is 0 Å². The van der Waals surface area contributed by atoms with Crippen molar-refractivity contribution in [1.82, 2.24) is 15.0 Å². The molecular formula is C21H24N4O2. The van der Waals surface area contributed by atoms with Gasteiger partial charge in [-0.15, -0.1) is 0 Å². The third kappa shape index (κ3) is 4.80. The average molecular weight is 364 g/mol. The molecule has 1 amide bonds. The topological polar surface area (TPSA) is 71.3 Å². The number of benzene rings is 2. The molecule has 3 aromatic rings. The summed E-state index contributed by atoms with van der Waals surface area (Å²) in [6.45, 7) is 6.69. The Labute approximate surface area is 159 Å². The fraction of sp³-hybridized carbons (Fsp3) is 0.286. The molecule has 3 rings (SSSR count). The number of hydrogen-bond donors (Lipinski definition) is 1. The van der Waals surface area contributed by atoms with Gasteiger partial charge in [0.15, 0.2) is 0 Å². The van der Waals surface area contributed by atoms with E-state index in [0.29, 0.717) is 18.3 Å². The Balaban J connectivity index is 1.57. The predicted molar refractivity (Wildman–Crippen MR) is 105 cm³/mol. The largest absolute Gasteiger partial charge is 0.338 e. The first-order valence-corrected chi connectivity index (χ1v) is 8.86. The van der Waals surface area contributed by atoms with E-state index in [1.807, 2.05) is 75.2 Å². The predicted octanol–water partition coefficient (Wildman–Crippen LogP) is 3.73. The fourth-order valence-electron chi connectivity index (χ4n) is 2.75. The highest BCUT2D eigenvalue weighted by molar-refractivity contribution is 5.93. The van der Waals surface area contributed by atoms with Crippen LogP contribution in [0.3, 0.4) is 0 Å². The summed E-state index contributed by atoms with van der Waals surface area (Å²) >= 11 is 0. The summed E-state index contributed by atoms with van der Waals surface area (Å²) < 4.78 is 5.32. The third-order valence-electron chi connectivity index (χ3n) is 4.48. The number of rotatable bonds is 6. The molecule has 140 valence electrons. The van der Waals surface area contributed by atoms with Crippen molar-refractivity contribution in [3.05, 3.63) is 65.0 Å². The number of carbonyl (C=O) groups excluding carboxylic acids is 1. The number of nitrogens with one attached hydrogen (secondary N) is 1. The Morgan fingerprint density at radius 1 is 1.11 bits per heavy atom. The molecule has 0 fully saturated rings. The van der Waals surface area contributed by atoms with Gasteiger partial charge in [-0.05, 0) is 45.0 Å². The number of anilines is 1. The molecule has 1 aromatic heterocycles. The van der Waals surface area contributed by atoms with Gasteiger partial charge in [0.2, 0.25) is 17.6 Å². The molecule has 0 aliphatic rings. The summed E-state index contributed by atoms with van der Waals surface area (Å²) in [5.74, 6) is 0.954. The molecule has 0 atom stereocenters. The molecule has 0 bridgehead atoms. The number of amides is 1. The van der Waals surface area contributed by atoms with Crippen LogP contribution in [0.4, 0.5) is 5.69 Å². The minimum Gasteiger partial charge on any atom is -0.338 e. The molecule has 27 heavy (non-hydrogen) atoms. The van der Waals surface area contributed by atoms with Gasteiger partial charge >= 0.3 is 0 Å². The van der Waals surface area contributed by atoms with Gasteiger partial charge in [0.05, 0.1) is 13.1 Å². The van der Waals surface area contributed by atoms with Crippen molar-refractivity contribution in [3.8, 4) is 11.4 Å². The van der Waals surface area contributed by atoms with Crippen molar-refractivity contribution >= 4 is 11.6 Å². The van der Waals surface area contributed by atoms with Crippen LogP contribution in [0.15, 0.2) is 47.0 Å². The zero-order valence-electron chi connectivity index (χ0n) is 16.1. The van der Waals surface area contributed by atoms with E-state index in [-0.39, 0.29) is 12.5 Å². The number of hydrogen-bond acceptors (Lipinski definition) is 5. The Morgan fingerprint density at radius 3 is 2.59 bits per heavy atom. The van der Waals surface area contributed by atoms with Crippen LogP contribution >= 0.6 is 0 Å². The molecule has 0 saturated heterocycles. The molecule has 1 heterocycles. The molecule has 0 unspecified atom stereocenters. The summed E-state index contributed by atoms with van der Waals surface area (Å²) in [7, 11) is 1.85. The number of aromatic nitrogens is 2. The van der Waals surface area contributed by atoms with Crippen molar-refractivity contribution in [2.24, 2.45) is 0 Å². The second-order valence-corrected chi connectivity index (χ2v) is 6.85. The molecule has 0 radical (unpaired) electrons. The Hall–Kier alpha value is -2.99. The zero-order chi connectivity index (χ0) is 19.4. The maximum atomic E-state index is 12.3. The van der Waals surface area contributed by atoms with Crippen LogP contribution in [0.5, 0.6) is 0 Å². The second kappa shape index (κ2) is 8.14. The summed E-state index contributed by atoms with van der Waals surface area (Å²) in [6, 6.07) is 13.8. The molecule has 2 aromatic carbocycles. The van der Waals surface area contributed by atoms with Crippen LogP contribution in [-0.2, 0) is 11.3 Å². The molecule has 0 aliphatic heterocycles. The van der Waals surface area contributed by atoms with E-state index in [4.69, 9.17) is 4.52 Å². The Morgan fingerprint density at radius 2 is 1.85 bits per heavy atom. The van der Waals surface area contributed by atoms with E-state index in [1.54, 1.807) is 0 Å². The maximum Gasteiger partial charge on any atom is 0.241 e. The molecule has 6 heteroatoms. The quantitative estimate of drug-likeness (QED) is 0.721. The Bertz CT molecular complexity index is 932.